The predicted molar refractivity (Wildman–Crippen MR) is 95.1 cm³/mol. The number of aliphatic hydroxyl groups is 1. The van der Waals surface area contributed by atoms with E-state index in [-0.39, 0.29) is 13.2 Å². The number of aromatic nitrogens is 2. The van der Waals surface area contributed by atoms with Crippen molar-refractivity contribution in [3.05, 3.63) is 48.3 Å². The zero-order valence-corrected chi connectivity index (χ0v) is 14.4. The van der Waals surface area contributed by atoms with Crippen molar-refractivity contribution in [3.8, 4) is 5.75 Å². The normalized spacial score (nSPS) is 17.9. The number of benzene rings is 1. The lowest BCUT2D eigenvalue weighted by atomic mass is 10.1. The number of nitrogens with zero attached hydrogens (tertiary/aromatic N) is 4. The molecule has 0 saturated carbocycles. The number of hydrogen-bond acceptors (Lipinski definition) is 7. The lowest BCUT2D eigenvalue weighted by molar-refractivity contribution is -0.143. The molecule has 1 aromatic heterocycles. The maximum atomic E-state index is 11.8. The summed E-state index contributed by atoms with van der Waals surface area (Å²) in [4.78, 5) is 24.1. The monoisotopic (exact) mass is 358 g/mol. The van der Waals surface area contributed by atoms with E-state index in [4.69, 9.17) is 9.84 Å². The van der Waals surface area contributed by atoms with Crippen LogP contribution in [0.1, 0.15) is 5.56 Å². The molecule has 2 aromatic rings. The smallest absolute Gasteiger partial charge is 0.322 e. The molecule has 3 rings (SSSR count). The Morgan fingerprint density at radius 3 is 2.69 bits per heavy atom. The third-order valence-electron chi connectivity index (χ3n) is 4.31. The van der Waals surface area contributed by atoms with Crippen molar-refractivity contribution < 1.29 is 19.7 Å². The summed E-state index contributed by atoms with van der Waals surface area (Å²) in [6, 6.07) is 8.56. The number of para-hydroxylation sites is 1. The van der Waals surface area contributed by atoms with Crippen molar-refractivity contribution in [2.24, 2.45) is 0 Å². The van der Waals surface area contributed by atoms with Gasteiger partial charge in [0.2, 0.25) is 5.95 Å². The summed E-state index contributed by atoms with van der Waals surface area (Å²) in [6.07, 6.45) is 3.30. The summed E-state index contributed by atoms with van der Waals surface area (Å²) in [6.45, 7) is 2.14. The van der Waals surface area contributed by atoms with Crippen LogP contribution in [0.4, 0.5) is 5.95 Å². The molecule has 1 unspecified atom stereocenters. The average Bonchev–Trinajstić information content (AvgIpc) is 2.68. The van der Waals surface area contributed by atoms with Crippen LogP contribution < -0.4 is 9.64 Å². The fraction of sp³-hybridized carbons (Fsp3) is 0.389. The topological polar surface area (TPSA) is 99.0 Å². The van der Waals surface area contributed by atoms with Crippen LogP contribution in [0.3, 0.4) is 0 Å². The van der Waals surface area contributed by atoms with Crippen molar-refractivity contribution in [3.63, 3.8) is 0 Å². The number of carboxylic acids is 1. The van der Waals surface area contributed by atoms with Gasteiger partial charge in [0.05, 0.1) is 6.61 Å². The van der Waals surface area contributed by atoms with Gasteiger partial charge < -0.3 is 19.8 Å². The Kier molecular flexibility index (Phi) is 5.98. The van der Waals surface area contributed by atoms with Crippen LogP contribution in [0.5, 0.6) is 5.75 Å². The molecule has 1 atom stereocenters. The molecule has 0 spiro atoms. The highest BCUT2D eigenvalue weighted by Crippen LogP contribution is 2.23. The summed E-state index contributed by atoms with van der Waals surface area (Å²) in [5.41, 5.74) is 0.900. The third kappa shape index (κ3) is 4.27. The molecular weight excluding hydrogens is 336 g/mol. The fourth-order valence-corrected chi connectivity index (χ4v) is 3.03. The van der Waals surface area contributed by atoms with Gasteiger partial charge in [-0.15, -0.1) is 0 Å². The molecule has 1 aromatic carbocycles. The molecule has 0 bridgehead atoms. The van der Waals surface area contributed by atoms with Crippen molar-refractivity contribution in [1.29, 1.82) is 0 Å². The minimum absolute atomic E-state index is 0.0676. The quantitative estimate of drug-likeness (QED) is 0.743. The summed E-state index contributed by atoms with van der Waals surface area (Å²) in [5, 5.41) is 18.7. The van der Waals surface area contributed by atoms with Gasteiger partial charge >= 0.3 is 5.97 Å². The Balaban J connectivity index is 1.73. The zero-order valence-electron chi connectivity index (χ0n) is 14.4. The van der Waals surface area contributed by atoms with E-state index < -0.39 is 12.0 Å². The number of carbonyl (C=O) groups is 1. The Morgan fingerprint density at radius 1 is 1.19 bits per heavy atom. The number of aliphatic hydroxyl groups excluding tert-OH is 1. The van der Waals surface area contributed by atoms with Crippen LogP contribution in [0.2, 0.25) is 0 Å². The molecule has 26 heavy (non-hydrogen) atoms. The number of aliphatic carboxylic acids is 1. The van der Waals surface area contributed by atoms with E-state index in [1.54, 1.807) is 18.5 Å². The lowest BCUT2D eigenvalue weighted by Crippen LogP contribution is -2.56. The van der Waals surface area contributed by atoms with Gasteiger partial charge in [0, 0.05) is 44.1 Å². The number of rotatable bonds is 7. The molecular formula is C18H22N4O4. The van der Waals surface area contributed by atoms with E-state index in [2.05, 4.69) is 9.97 Å². The van der Waals surface area contributed by atoms with E-state index in [9.17, 15) is 9.90 Å². The van der Waals surface area contributed by atoms with Gasteiger partial charge in [-0.1, -0.05) is 18.2 Å². The van der Waals surface area contributed by atoms with E-state index in [1.165, 1.54) is 0 Å². The summed E-state index contributed by atoms with van der Waals surface area (Å²) in [7, 11) is 0. The first-order chi connectivity index (χ1) is 12.7. The second kappa shape index (κ2) is 8.59. The van der Waals surface area contributed by atoms with E-state index in [1.807, 2.05) is 34.1 Å². The van der Waals surface area contributed by atoms with E-state index in [0.29, 0.717) is 37.9 Å². The van der Waals surface area contributed by atoms with Crippen molar-refractivity contribution in [2.45, 2.75) is 12.6 Å². The summed E-state index contributed by atoms with van der Waals surface area (Å²) < 4.78 is 5.56. The van der Waals surface area contributed by atoms with Crippen LogP contribution in [0.15, 0.2) is 42.7 Å². The second-order valence-corrected chi connectivity index (χ2v) is 6.00. The van der Waals surface area contributed by atoms with Crippen molar-refractivity contribution in [1.82, 2.24) is 14.9 Å². The number of anilines is 1. The van der Waals surface area contributed by atoms with Crippen LogP contribution in [0, 0.1) is 0 Å². The molecule has 0 amide bonds. The molecule has 2 heterocycles. The lowest BCUT2D eigenvalue weighted by Gasteiger charge is -2.39. The highest BCUT2D eigenvalue weighted by Gasteiger charge is 2.33. The minimum Gasteiger partial charge on any atom is -0.491 e. The molecule has 1 saturated heterocycles. The minimum atomic E-state index is -0.876. The second-order valence-electron chi connectivity index (χ2n) is 6.00. The Labute approximate surface area is 151 Å². The van der Waals surface area contributed by atoms with Gasteiger partial charge in [-0.2, -0.15) is 0 Å². The Bertz CT molecular complexity index is 728. The molecule has 1 aliphatic heterocycles. The SMILES string of the molecule is O=C(O)C1CN(c2ncccn2)CCN1Cc1ccccc1OCCO. The van der Waals surface area contributed by atoms with Crippen molar-refractivity contribution >= 4 is 11.9 Å². The first kappa shape index (κ1) is 18.1. The van der Waals surface area contributed by atoms with Crippen molar-refractivity contribution in [2.75, 3.05) is 37.7 Å². The third-order valence-corrected chi connectivity index (χ3v) is 4.31. The van der Waals surface area contributed by atoms with Gasteiger partial charge in [0.1, 0.15) is 18.4 Å². The highest BCUT2D eigenvalue weighted by atomic mass is 16.5. The summed E-state index contributed by atoms with van der Waals surface area (Å²) >= 11 is 0. The number of carboxylic acid groups (broad SMARTS) is 1. The van der Waals surface area contributed by atoms with Crippen LogP contribution in [0.25, 0.3) is 0 Å². The molecule has 2 N–H and O–H groups in total. The molecule has 8 nitrogen and oxygen atoms in total. The summed E-state index contributed by atoms with van der Waals surface area (Å²) in [5.74, 6) is 0.337. The Morgan fingerprint density at radius 2 is 1.96 bits per heavy atom. The number of hydrogen-bond donors (Lipinski definition) is 2. The van der Waals surface area contributed by atoms with Gasteiger partial charge in [-0.25, -0.2) is 9.97 Å². The standard InChI is InChI=1S/C18H22N4O4/c23-10-11-26-16-5-2-1-4-14(16)12-21-8-9-22(13-15(21)17(24)25)18-19-6-3-7-20-18/h1-7,15,23H,8-13H2,(H,24,25). The zero-order chi connectivity index (χ0) is 18.4. The highest BCUT2D eigenvalue weighted by molar-refractivity contribution is 5.74. The number of ether oxygens (including phenoxy) is 1. The van der Waals surface area contributed by atoms with Crippen LogP contribution >= 0.6 is 0 Å². The molecule has 0 aliphatic carbocycles. The fourth-order valence-electron chi connectivity index (χ4n) is 3.03. The largest absolute Gasteiger partial charge is 0.491 e. The van der Waals surface area contributed by atoms with Gasteiger partial charge in [-0.05, 0) is 12.1 Å². The number of piperazine rings is 1. The maximum Gasteiger partial charge on any atom is 0.322 e. The first-order valence-electron chi connectivity index (χ1n) is 8.49. The molecule has 138 valence electrons. The Hall–Kier alpha value is -2.71. The first-order valence-corrected chi connectivity index (χ1v) is 8.49. The maximum absolute atomic E-state index is 11.8. The molecule has 1 fully saturated rings. The average molecular weight is 358 g/mol. The molecule has 8 heteroatoms. The van der Waals surface area contributed by atoms with Crippen LogP contribution in [-0.2, 0) is 11.3 Å². The molecule has 1 aliphatic rings. The molecule has 0 radical (unpaired) electrons. The predicted octanol–water partition coefficient (Wildman–Crippen LogP) is 0.623. The van der Waals surface area contributed by atoms with Crippen LogP contribution in [-0.4, -0.2) is 69.9 Å². The van der Waals surface area contributed by atoms with Gasteiger partial charge in [0.25, 0.3) is 0 Å². The van der Waals surface area contributed by atoms with Gasteiger partial charge in [0.15, 0.2) is 0 Å². The van der Waals surface area contributed by atoms with Gasteiger partial charge in [-0.3, -0.25) is 9.69 Å². The van der Waals surface area contributed by atoms with E-state index >= 15 is 0 Å². The van der Waals surface area contributed by atoms with E-state index in [0.717, 1.165) is 5.56 Å².